The van der Waals surface area contributed by atoms with Crippen LogP contribution in [0.25, 0.3) is 0 Å². The Kier molecular flexibility index (Phi) is 35.0. The average molecular weight is 628 g/mol. The molecule has 0 aromatic rings. The van der Waals surface area contributed by atoms with Crippen LogP contribution in [0.1, 0.15) is 174 Å². The van der Waals surface area contributed by atoms with Gasteiger partial charge in [0.15, 0.2) is 0 Å². The van der Waals surface area contributed by atoms with Crippen molar-refractivity contribution in [3.8, 4) is 0 Å². The van der Waals surface area contributed by atoms with E-state index in [1.165, 1.54) is 89.9 Å². The fraction of sp³-hybridized carbons (Fsp3) is 0.732. The van der Waals surface area contributed by atoms with E-state index >= 15 is 0 Å². The van der Waals surface area contributed by atoms with E-state index in [1.54, 1.807) is 0 Å². The van der Waals surface area contributed by atoms with Crippen LogP contribution in [-0.2, 0) is 4.79 Å². The maximum Gasteiger partial charge on any atom is 0.220 e. The second-order valence-electron chi connectivity index (χ2n) is 12.6. The zero-order chi connectivity index (χ0) is 32.9. The maximum absolute atomic E-state index is 12.3. The third-order valence-electron chi connectivity index (χ3n) is 8.29. The van der Waals surface area contributed by atoms with Crippen LogP contribution in [0.3, 0.4) is 0 Å². The predicted octanol–water partition coefficient (Wildman–Crippen LogP) is 11.4. The first-order chi connectivity index (χ1) is 22.2. The molecule has 1 amide bonds. The van der Waals surface area contributed by atoms with E-state index in [0.717, 1.165) is 57.8 Å². The van der Waals surface area contributed by atoms with Crippen LogP contribution in [0.2, 0.25) is 0 Å². The lowest BCUT2D eigenvalue weighted by atomic mass is 10.0. The summed E-state index contributed by atoms with van der Waals surface area (Å²) in [6, 6.07) is -0.539. The third-order valence-corrected chi connectivity index (χ3v) is 8.29. The van der Waals surface area contributed by atoms with Gasteiger partial charge < -0.3 is 15.5 Å². The number of aliphatic hydroxyl groups is 2. The Bertz CT molecular complexity index is 767. The highest BCUT2D eigenvalue weighted by molar-refractivity contribution is 5.76. The normalized spacial score (nSPS) is 13.8. The Labute approximate surface area is 279 Å². The summed E-state index contributed by atoms with van der Waals surface area (Å²) in [7, 11) is 0. The van der Waals surface area contributed by atoms with Crippen LogP contribution in [0, 0.1) is 0 Å². The standard InChI is InChI=1S/C41H73NO3/c1-3-5-7-9-11-13-14-15-16-17-18-19-20-21-22-23-24-25-26-27-28-29-31-33-35-37-41(45)42-39(38-43)40(44)36-34-32-30-12-10-8-6-4-2/h5,7,11,13,15-16,18-19,21-22,39-40,43-44H,3-4,6,8-10,12,14,17,20,23-38H2,1-2H3,(H,42,45)/b7-5-,13-11-,16-15-,19-18-,22-21-. The number of allylic oxidation sites excluding steroid dienone is 10. The van der Waals surface area contributed by atoms with Crippen LogP contribution in [0.4, 0.5) is 0 Å². The van der Waals surface area contributed by atoms with Crippen molar-refractivity contribution < 1.29 is 15.0 Å². The molecular formula is C41H73NO3. The van der Waals surface area contributed by atoms with Crippen molar-refractivity contribution in [1.82, 2.24) is 5.32 Å². The quantitative estimate of drug-likeness (QED) is 0.0501. The minimum atomic E-state index is -0.661. The molecule has 260 valence electrons. The molecule has 0 aromatic carbocycles. The highest BCUT2D eigenvalue weighted by Crippen LogP contribution is 2.14. The molecule has 2 unspecified atom stereocenters. The van der Waals surface area contributed by atoms with E-state index in [1.807, 2.05) is 0 Å². The highest BCUT2D eigenvalue weighted by Gasteiger charge is 2.19. The lowest BCUT2D eigenvalue weighted by Crippen LogP contribution is -2.45. The third kappa shape index (κ3) is 33.3. The number of hydrogen-bond donors (Lipinski definition) is 3. The van der Waals surface area contributed by atoms with Gasteiger partial charge in [0.2, 0.25) is 5.91 Å². The summed E-state index contributed by atoms with van der Waals surface area (Å²) in [5.41, 5.74) is 0. The van der Waals surface area contributed by atoms with Crippen LogP contribution in [0.15, 0.2) is 60.8 Å². The molecule has 4 nitrogen and oxygen atoms in total. The molecule has 0 fully saturated rings. The second kappa shape index (κ2) is 36.6. The van der Waals surface area contributed by atoms with E-state index in [-0.39, 0.29) is 12.5 Å². The zero-order valence-electron chi connectivity index (χ0n) is 29.6. The Morgan fingerprint density at radius 3 is 1.47 bits per heavy atom. The Balaban J connectivity index is 3.56. The molecule has 0 spiro atoms. The molecule has 0 aromatic heterocycles. The van der Waals surface area contributed by atoms with E-state index in [9.17, 15) is 15.0 Å². The molecule has 0 heterocycles. The molecular weight excluding hydrogens is 554 g/mol. The second-order valence-corrected chi connectivity index (χ2v) is 12.6. The van der Waals surface area contributed by atoms with E-state index in [4.69, 9.17) is 0 Å². The smallest absolute Gasteiger partial charge is 0.220 e. The van der Waals surface area contributed by atoms with Crippen molar-refractivity contribution in [3.05, 3.63) is 60.8 Å². The lowest BCUT2D eigenvalue weighted by Gasteiger charge is -2.22. The van der Waals surface area contributed by atoms with E-state index in [0.29, 0.717) is 12.8 Å². The van der Waals surface area contributed by atoms with Crippen molar-refractivity contribution >= 4 is 5.91 Å². The number of nitrogens with one attached hydrogen (secondary N) is 1. The Morgan fingerprint density at radius 1 is 0.556 bits per heavy atom. The largest absolute Gasteiger partial charge is 0.394 e. The first-order valence-electron chi connectivity index (χ1n) is 19.0. The molecule has 0 aliphatic carbocycles. The molecule has 3 N–H and O–H groups in total. The van der Waals surface area contributed by atoms with Gasteiger partial charge in [-0.1, -0.05) is 171 Å². The molecule has 0 radical (unpaired) electrons. The van der Waals surface area contributed by atoms with E-state index < -0.39 is 12.1 Å². The first-order valence-corrected chi connectivity index (χ1v) is 19.0. The predicted molar refractivity (Wildman–Crippen MR) is 197 cm³/mol. The zero-order valence-corrected chi connectivity index (χ0v) is 29.6. The van der Waals surface area contributed by atoms with Crippen LogP contribution in [-0.4, -0.2) is 34.9 Å². The molecule has 0 rings (SSSR count). The number of carbonyl (C=O) groups is 1. The van der Waals surface area contributed by atoms with Crippen molar-refractivity contribution in [2.45, 2.75) is 187 Å². The average Bonchev–Trinajstić information content (AvgIpc) is 3.04. The number of amides is 1. The summed E-state index contributed by atoms with van der Waals surface area (Å²) in [4.78, 5) is 12.3. The first kappa shape index (κ1) is 43.1. The number of hydrogen-bond acceptors (Lipinski definition) is 3. The molecule has 0 saturated carbocycles. The summed E-state index contributed by atoms with van der Waals surface area (Å²) in [5.74, 6) is -0.0449. The molecule has 45 heavy (non-hydrogen) atoms. The molecule has 0 aliphatic heterocycles. The molecule has 0 saturated heterocycles. The summed E-state index contributed by atoms with van der Waals surface area (Å²) >= 11 is 0. The van der Waals surface area contributed by atoms with Gasteiger partial charge in [0, 0.05) is 6.42 Å². The Morgan fingerprint density at radius 2 is 0.978 bits per heavy atom. The van der Waals surface area contributed by atoms with Crippen molar-refractivity contribution in [3.63, 3.8) is 0 Å². The molecule has 0 bridgehead atoms. The molecule has 4 heteroatoms. The van der Waals surface area contributed by atoms with Gasteiger partial charge in [-0.05, 0) is 57.8 Å². The molecule has 2 atom stereocenters. The number of unbranched alkanes of at least 4 members (excludes halogenated alkanes) is 16. The minimum Gasteiger partial charge on any atom is -0.394 e. The number of carbonyl (C=O) groups excluding carboxylic acids is 1. The summed E-state index contributed by atoms with van der Waals surface area (Å²) < 4.78 is 0. The Hall–Kier alpha value is -1.91. The highest BCUT2D eigenvalue weighted by atomic mass is 16.3. The van der Waals surface area contributed by atoms with Gasteiger partial charge in [0.25, 0.3) is 0 Å². The minimum absolute atomic E-state index is 0.0449. The molecule has 0 aliphatic rings. The summed E-state index contributed by atoms with van der Waals surface area (Å²) in [5, 5.41) is 22.9. The van der Waals surface area contributed by atoms with Gasteiger partial charge in [0.05, 0.1) is 18.8 Å². The van der Waals surface area contributed by atoms with Crippen LogP contribution >= 0.6 is 0 Å². The monoisotopic (exact) mass is 628 g/mol. The summed E-state index contributed by atoms with van der Waals surface area (Å²) in [6.45, 7) is 4.19. The van der Waals surface area contributed by atoms with E-state index in [2.05, 4.69) is 79.9 Å². The van der Waals surface area contributed by atoms with Gasteiger partial charge in [-0.2, -0.15) is 0 Å². The SMILES string of the molecule is CC/C=C\C/C=C\C/C=C\C/C=C\C/C=C\CCCCCCCCCCCC(=O)NC(CO)C(O)CCCCCCCCCC. The fourth-order valence-corrected chi connectivity index (χ4v) is 5.38. The van der Waals surface area contributed by atoms with Crippen LogP contribution in [0.5, 0.6) is 0 Å². The van der Waals surface area contributed by atoms with Gasteiger partial charge in [-0.15, -0.1) is 0 Å². The number of aliphatic hydroxyl groups excluding tert-OH is 2. The lowest BCUT2D eigenvalue weighted by molar-refractivity contribution is -0.123. The van der Waals surface area contributed by atoms with Gasteiger partial charge >= 0.3 is 0 Å². The van der Waals surface area contributed by atoms with Crippen molar-refractivity contribution in [2.24, 2.45) is 0 Å². The van der Waals surface area contributed by atoms with Crippen LogP contribution < -0.4 is 5.32 Å². The van der Waals surface area contributed by atoms with Crippen molar-refractivity contribution in [2.75, 3.05) is 6.61 Å². The maximum atomic E-state index is 12.3. The summed E-state index contributed by atoms with van der Waals surface area (Å²) in [6.07, 6.45) is 50.0. The van der Waals surface area contributed by atoms with Gasteiger partial charge in [0.1, 0.15) is 0 Å². The number of rotatable bonds is 33. The van der Waals surface area contributed by atoms with Gasteiger partial charge in [-0.25, -0.2) is 0 Å². The topological polar surface area (TPSA) is 69.6 Å². The van der Waals surface area contributed by atoms with Crippen molar-refractivity contribution in [1.29, 1.82) is 0 Å². The fourth-order valence-electron chi connectivity index (χ4n) is 5.38. The van der Waals surface area contributed by atoms with Gasteiger partial charge in [-0.3, -0.25) is 4.79 Å².